The van der Waals surface area contributed by atoms with Gasteiger partial charge in [-0.05, 0) is 19.8 Å². The predicted octanol–water partition coefficient (Wildman–Crippen LogP) is 0.350. The van der Waals surface area contributed by atoms with Crippen LogP contribution in [0, 0.1) is 5.92 Å². The molecule has 0 aromatic carbocycles. The molecular formula is C11H20N2O5. The van der Waals surface area contributed by atoms with Crippen LogP contribution in [-0.4, -0.2) is 42.8 Å². The number of rotatable bonds is 8. The highest BCUT2D eigenvalue weighted by Crippen LogP contribution is 2.03. The van der Waals surface area contributed by atoms with E-state index in [9.17, 15) is 14.4 Å². The second-order valence-electron chi connectivity index (χ2n) is 3.80. The van der Waals surface area contributed by atoms with Crippen LogP contribution in [0.15, 0.2) is 0 Å². The second kappa shape index (κ2) is 9.26. The summed E-state index contributed by atoms with van der Waals surface area (Å²) in [5.41, 5.74) is 0. The maximum Gasteiger partial charge on any atom is 0.325 e. The lowest BCUT2D eigenvalue weighted by Crippen LogP contribution is -2.39. The largest absolute Gasteiger partial charge is 0.481 e. The summed E-state index contributed by atoms with van der Waals surface area (Å²) in [6.07, 6.45) is 1.06. The van der Waals surface area contributed by atoms with Crippen molar-refractivity contribution in [2.24, 2.45) is 5.92 Å². The van der Waals surface area contributed by atoms with Gasteiger partial charge in [0.05, 0.1) is 12.5 Å². The average Bonchev–Trinajstić information content (AvgIpc) is 2.32. The zero-order valence-corrected chi connectivity index (χ0v) is 10.7. The minimum Gasteiger partial charge on any atom is -0.481 e. The van der Waals surface area contributed by atoms with Crippen LogP contribution in [0.4, 0.5) is 4.79 Å². The van der Waals surface area contributed by atoms with Crippen molar-refractivity contribution < 1.29 is 24.2 Å². The summed E-state index contributed by atoms with van der Waals surface area (Å²) in [4.78, 5) is 32.6. The molecule has 0 heterocycles. The van der Waals surface area contributed by atoms with Gasteiger partial charge in [-0.2, -0.15) is 0 Å². The average molecular weight is 260 g/mol. The minimum absolute atomic E-state index is 0.175. The first-order valence-corrected chi connectivity index (χ1v) is 5.87. The van der Waals surface area contributed by atoms with E-state index >= 15 is 0 Å². The van der Waals surface area contributed by atoms with E-state index in [1.165, 1.54) is 0 Å². The Morgan fingerprint density at radius 1 is 1.28 bits per heavy atom. The van der Waals surface area contributed by atoms with E-state index in [0.29, 0.717) is 19.4 Å². The normalized spacial score (nSPS) is 11.4. The Labute approximate surface area is 106 Å². The molecule has 0 rings (SSSR count). The number of esters is 1. The van der Waals surface area contributed by atoms with Crippen LogP contribution in [-0.2, 0) is 14.3 Å². The van der Waals surface area contributed by atoms with Gasteiger partial charge in [-0.3, -0.25) is 9.59 Å². The first kappa shape index (κ1) is 16.2. The number of hydrogen-bond acceptors (Lipinski definition) is 4. The van der Waals surface area contributed by atoms with Gasteiger partial charge in [0.2, 0.25) is 0 Å². The molecule has 7 heteroatoms. The fourth-order valence-corrected chi connectivity index (χ4v) is 1.16. The lowest BCUT2D eigenvalue weighted by Gasteiger charge is -2.08. The Morgan fingerprint density at radius 2 is 1.94 bits per heavy atom. The summed E-state index contributed by atoms with van der Waals surface area (Å²) < 4.78 is 4.63. The Morgan fingerprint density at radius 3 is 2.50 bits per heavy atom. The fourth-order valence-electron chi connectivity index (χ4n) is 1.16. The van der Waals surface area contributed by atoms with Gasteiger partial charge in [0.1, 0.15) is 6.54 Å². The third-order valence-corrected chi connectivity index (χ3v) is 2.22. The first-order chi connectivity index (χ1) is 8.47. The van der Waals surface area contributed by atoms with Gasteiger partial charge < -0.3 is 20.5 Å². The van der Waals surface area contributed by atoms with Gasteiger partial charge in [0.25, 0.3) is 0 Å². The minimum atomic E-state index is -0.846. The summed E-state index contributed by atoms with van der Waals surface area (Å²) >= 11 is 0. The number of amides is 2. The van der Waals surface area contributed by atoms with E-state index in [4.69, 9.17) is 5.11 Å². The number of nitrogens with one attached hydrogen (secondary N) is 2. The van der Waals surface area contributed by atoms with Gasteiger partial charge in [0.15, 0.2) is 0 Å². The van der Waals surface area contributed by atoms with E-state index in [1.807, 2.05) is 0 Å². The molecule has 0 radical (unpaired) electrons. The van der Waals surface area contributed by atoms with Crippen molar-refractivity contribution >= 4 is 18.0 Å². The molecule has 0 saturated carbocycles. The Balaban J connectivity index is 3.54. The van der Waals surface area contributed by atoms with Crippen LogP contribution < -0.4 is 10.6 Å². The maximum absolute atomic E-state index is 11.2. The molecule has 18 heavy (non-hydrogen) atoms. The number of urea groups is 1. The summed E-state index contributed by atoms with van der Waals surface area (Å²) in [5, 5.41) is 13.5. The summed E-state index contributed by atoms with van der Waals surface area (Å²) in [5.74, 6) is -1.76. The van der Waals surface area contributed by atoms with Crippen molar-refractivity contribution in [3.05, 3.63) is 0 Å². The quantitative estimate of drug-likeness (QED) is 0.431. The number of carbonyl (C=O) groups excluding carboxylic acids is 2. The van der Waals surface area contributed by atoms with E-state index in [-0.39, 0.29) is 13.2 Å². The van der Waals surface area contributed by atoms with Crippen LogP contribution in [0.3, 0.4) is 0 Å². The number of aliphatic carboxylic acids is 1. The highest BCUT2D eigenvalue weighted by atomic mass is 16.5. The van der Waals surface area contributed by atoms with Crippen molar-refractivity contribution in [1.82, 2.24) is 10.6 Å². The molecule has 1 unspecified atom stereocenters. The van der Waals surface area contributed by atoms with Crippen LogP contribution >= 0.6 is 0 Å². The molecule has 2 amide bonds. The Bertz CT molecular complexity index is 293. The smallest absolute Gasteiger partial charge is 0.325 e. The molecule has 0 aromatic heterocycles. The van der Waals surface area contributed by atoms with Gasteiger partial charge in [-0.15, -0.1) is 0 Å². The molecule has 0 aliphatic carbocycles. The zero-order valence-electron chi connectivity index (χ0n) is 10.7. The van der Waals surface area contributed by atoms with Gasteiger partial charge in [-0.1, -0.05) is 6.92 Å². The SMILES string of the molecule is CCOC(=O)CNC(=O)NCCCC(C)C(=O)O. The van der Waals surface area contributed by atoms with Gasteiger partial charge in [0, 0.05) is 6.54 Å². The summed E-state index contributed by atoms with van der Waals surface area (Å²) in [6, 6.07) is -0.467. The standard InChI is InChI=1S/C11H20N2O5/c1-3-18-9(14)7-13-11(17)12-6-4-5-8(2)10(15)16/h8H,3-7H2,1-2H3,(H,15,16)(H2,12,13,17). The lowest BCUT2D eigenvalue weighted by atomic mass is 10.1. The molecule has 7 nitrogen and oxygen atoms in total. The maximum atomic E-state index is 11.2. The monoisotopic (exact) mass is 260 g/mol. The summed E-state index contributed by atoms with van der Waals surface area (Å²) in [6.45, 7) is 3.76. The molecule has 0 bridgehead atoms. The van der Waals surface area contributed by atoms with Gasteiger partial charge >= 0.3 is 18.0 Å². The van der Waals surface area contributed by atoms with Crippen LogP contribution in [0.1, 0.15) is 26.7 Å². The van der Waals surface area contributed by atoms with E-state index in [0.717, 1.165) is 0 Å². The highest BCUT2D eigenvalue weighted by molar-refractivity contribution is 5.80. The first-order valence-electron chi connectivity index (χ1n) is 5.87. The van der Waals surface area contributed by atoms with Crippen molar-refractivity contribution in [3.63, 3.8) is 0 Å². The molecule has 1 atom stereocenters. The summed E-state index contributed by atoms with van der Waals surface area (Å²) in [7, 11) is 0. The fraction of sp³-hybridized carbons (Fsp3) is 0.727. The molecule has 0 fully saturated rings. The molecular weight excluding hydrogens is 240 g/mol. The zero-order chi connectivity index (χ0) is 14.0. The number of ether oxygens (including phenoxy) is 1. The predicted molar refractivity (Wildman–Crippen MR) is 64.1 cm³/mol. The molecule has 0 aliphatic heterocycles. The molecule has 0 saturated heterocycles. The van der Waals surface area contributed by atoms with Crippen LogP contribution in [0.5, 0.6) is 0 Å². The van der Waals surface area contributed by atoms with E-state index in [1.54, 1.807) is 13.8 Å². The van der Waals surface area contributed by atoms with E-state index < -0.39 is 23.9 Å². The van der Waals surface area contributed by atoms with Crippen LogP contribution in [0.25, 0.3) is 0 Å². The third kappa shape index (κ3) is 8.37. The molecule has 0 spiro atoms. The van der Waals surface area contributed by atoms with Crippen LogP contribution in [0.2, 0.25) is 0 Å². The molecule has 0 aliphatic rings. The number of hydrogen-bond donors (Lipinski definition) is 3. The molecule has 104 valence electrons. The number of carbonyl (C=O) groups is 3. The van der Waals surface area contributed by atoms with Crippen molar-refractivity contribution in [2.45, 2.75) is 26.7 Å². The Hall–Kier alpha value is -1.79. The molecule has 0 aromatic rings. The van der Waals surface area contributed by atoms with Crippen molar-refractivity contribution in [1.29, 1.82) is 0 Å². The third-order valence-electron chi connectivity index (χ3n) is 2.22. The Kier molecular flexibility index (Phi) is 8.34. The van der Waals surface area contributed by atoms with E-state index in [2.05, 4.69) is 15.4 Å². The second-order valence-corrected chi connectivity index (χ2v) is 3.80. The van der Waals surface area contributed by atoms with Gasteiger partial charge in [-0.25, -0.2) is 4.79 Å². The number of carboxylic acid groups (broad SMARTS) is 1. The highest BCUT2D eigenvalue weighted by Gasteiger charge is 2.10. The van der Waals surface area contributed by atoms with Crippen molar-refractivity contribution in [2.75, 3.05) is 19.7 Å². The topological polar surface area (TPSA) is 105 Å². The molecule has 3 N–H and O–H groups in total. The number of carboxylic acids is 1. The lowest BCUT2D eigenvalue weighted by molar-refractivity contribution is -0.142. The van der Waals surface area contributed by atoms with Crippen molar-refractivity contribution in [3.8, 4) is 0 Å².